The smallest absolute Gasteiger partial charge is 0.225 e. The third-order valence-electron chi connectivity index (χ3n) is 4.69. The molecule has 4 aromatic rings. The first-order valence-electron chi connectivity index (χ1n) is 9.07. The molecule has 6 heteroatoms. The molecule has 0 aliphatic carbocycles. The summed E-state index contributed by atoms with van der Waals surface area (Å²) < 4.78 is 5.29. The molecule has 0 aliphatic rings. The molecular weight excluding hydrogens is 390 g/mol. The number of halogens is 1. The Morgan fingerprint density at radius 1 is 1.04 bits per heavy atom. The van der Waals surface area contributed by atoms with Crippen molar-refractivity contribution in [2.45, 2.75) is 13.5 Å². The second-order valence-corrected chi connectivity index (χ2v) is 7.57. The minimum atomic E-state index is 0.275. The van der Waals surface area contributed by atoms with E-state index < -0.39 is 0 Å². The highest BCUT2D eigenvalue weighted by atomic mass is 35.5. The van der Waals surface area contributed by atoms with Gasteiger partial charge in [0.05, 0.1) is 12.5 Å². The summed E-state index contributed by atoms with van der Waals surface area (Å²) in [5, 5.41) is 3.44. The van der Waals surface area contributed by atoms with Gasteiger partial charge in [0.2, 0.25) is 5.28 Å². The van der Waals surface area contributed by atoms with Gasteiger partial charge in [-0.3, -0.25) is 0 Å². The Bertz CT molecular complexity index is 1080. The fraction of sp³-hybridized carbons (Fsp3) is 0.182. The zero-order chi connectivity index (χ0) is 19.5. The van der Waals surface area contributed by atoms with Crippen LogP contribution < -0.4 is 9.64 Å². The highest BCUT2D eigenvalue weighted by Gasteiger charge is 2.19. The van der Waals surface area contributed by atoms with E-state index in [1.165, 1.54) is 5.56 Å². The van der Waals surface area contributed by atoms with Crippen LogP contribution in [0.1, 0.15) is 12.5 Å². The van der Waals surface area contributed by atoms with E-state index in [4.69, 9.17) is 16.3 Å². The number of thiophene rings is 1. The van der Waals surface area contributed by atoms with Crippen molar-refractivity contribution in [3.8, 4) is 16.9 Å². The minimum Gasteiger partial charge on any atom is -0.497 e. The highest BCUT2D eigenvalue weighted by molar-refractivity contribution is 7.17. The van der Waals surface area contributed by atoms with Gasteiger partial charge in [0.1, 0.15) is 16.4 Å². The van der Waals surface area contributed by atoms with E-state index in [0.717, 1.165) is 46.0 Å². The monoisotopic (exact) mass is 409 g/mol. The second kappa shape index (κ2) is 8.17. The molecule has 0 aliphatic heterocycles. The lowest BCUT2D eigenvalue weighted by Crippen LogP contribution is -2.23. The summed E-state index contributed by atoms with van der Waals surface area (Å²) in [5.41, 5.74) is 3.45. The maximum Gasteiger partial charge on any atom is 0.225 e. The Kier molecular flexibility index (Phi) is 5.46. The fourth-order valence-corrected chi connectivity index (χ4v) is 4.41. The summed E-state index contributed by atoms with van der Waals surface area (Å²) in [4.78, 5) is 12.2. The van der Waals surface area contributed by atoms with Crippen molar-refractivity contribution < 1.29 is 4.74 Å². The van der Waals surface area contributed by atoms with Crippen LogP contribution in [0.2, 0.25) is 5.28 Å². The zero-order valence-electron chi connectivity index (χ0n) is 15.7. The van der Waals surface area contributed by atoms with E-state index in [1.54, 1.807) is 18.4 Å². The average molecular weight is 410 g/mol. The van der Waals surface area contributed by atoms with E-state index in [0.29, 0.717) is 0 Å². The van der Waals surface area contributed by atoms with E-state index >= 15 is 0 Å². The van der Waals surface area contributed by atoms with Gasteiger partial charge in [0, 0.05) is 24.0 Å². The van der Waals surface area contributed by atoms with Crippen LogP contribution in [0.3, 0.4) is 0 Å². The molecule has 4 rings (SSSR count). The van der Waals surface area contributed by atoms with Crippen molar-refractivity contribution in [1.82, 2.24) is 9.97 Å². The molecule has 4 nitrogen and oxygen atoms in total. The molecule has 0 saturated heterocycles. The zero-order valence-corrected chi connectivity index (χ0v) is 17.3. The number of fused-ring (bicyclic) bond motifs is 1. The molecule has 0 bridgehead atoms. The lowest BCUT2D eigenvalue weighted by atomic mass is 10.1. The van der Waals surface area contributed by atoms with Crippen molar-refractivity contribution in [2.24, 2.45) is 0 Å². The van der Waals surface area contributed by atoms with Gasteiger partial charge in [0.25, 0.3) is 0 Å². The number of hydrogen-bond donors (Lipinski definition) is 0. The molecule has 0 spiro atoms. The first kappa shape index (κ1) is 18.7. The molecule has 142 valence electrons. The SMILES string of the molecule is CCN(Cc1ccccc1)c1nc(Cl)nc2scc(-c3ccc(OC)cc3)c12. The molecule has 2 aromatic carbocycles. The Morgan fingerprint density at radius 2 is 1.79 bits per heavy atom. The van der Waals surface area contributed by atoms with Crippen molar-refractivity contribution >= 4 is 39.0 Å². The van der Waals surface area contributed by atoms with E-state index in [2.05, 4.69) is 63.6 Å². The van der Waals surface area contributed by atoms with E-state index in [1.807, 2.05) is 18.2 Å². The van der Waals surface area contributed by atoms with Crippen LogP contribution in [0, 0.1) is 0 Å². The Hall–Kier alpha value is -2.63. The summed E-state index contributed by atoms with van der Waals surface area (Å²) in [5.74, 6) is 1.70. The number of hydrogen-bond acceptors (Lipinski definition) is 5. The van der Waals surface area contributed by atoms with Gasteiger partial charge in [-0.05, 0) is 41.8 Å². The molecule has 0 fully saturated rings. The maximum atomic E-state index is 6.26. The van der Waals surface area contributed by atoms with Crippen LogP contribution in [0.15, 0.2) is 60.0 Å². The van der Waals surface area contributed by atoms with Crippen LogP contribution in [-0.4, -0.2) is 23.6 Å². The lowest BCUT2D eigenvalue weighted by Gasteiger charge is -2.23. The first-order chi connectivity index (χ1) is 13.7. The lowest BCUT2D eigenvalue weighted by molar-refractivity contribution is 0.415. The van der Waals surface area contributed by atoms with Crippen LogP contribution in [0.4, 0.5) is 5.82 Å². The van der Waals surface area contributed by atoms with Gasteiger partial charge in [-0.2, -0.15) is 4.98 Å². The molecule has 28 heavy (non-hydrogen) atoms. The third-order valence-corrected chi connectivity index (χ3v) is 5.73. The van der Waals surface area contributed by atoms with E-state index in [9.17, 15) is 0 Å². The molecule has 2 aromatic heterocycles. The fourth-order valence-electron chi connectivity index (χ4n) is 3.25. The Balaban J connectivity index is 1.83. The molecule has 2 heterocycles. The molecular formula is C22H20ClN3OS. The van der Waals surface area contributed by atoms with Gasteiger partial charge in [0.15, 0.2) is 0 Å². The summed E-state index contributed by atoms with van der Waals surface area (Å²) in [7, 11) is 1.67. The van der Waals surface area contributed by atoms with Crippen LogP contribution in [0.5, 0.6) is 5.75 Å². The summed E-state index contributed by atoms with van der Waals surface area (Å²) in [6, 6.07) is 18.5. The molecule has 0 amide bonds. The quantitative estimate of drug-likeness (QED) is 0.363. The van der Waals surface area contributed by atoms with Gasteiger partial charge < -0.3 is 9.64 Å². The normalized spacial score (nSPS) is 11.0. The van der Waals surface area contributed by atoms with Crippen molar-refractivity contribution in [1.29, 1.82) is 0 Å². The average Bonchev–Trinajstić information content (AvgIpc) is 3.16. The minimum absolute atomic E-state index is 0.275. The molecule has 0 N–H and O–H groups in total. The standard InChI is InChI=1S/C22H20ClN3OS/c1-3-26(13-15-7-5-4-6-8-15)20-19-18(14-28-21(19)25-22(23)24-20)16-9-11-17(27-2)12-10-16/h4-12,14H,3,13H2,1-2H3. The van der Waals surface area contributed by atoms with Crippen molar-refractivity contribution in [2.75, 3.05) is 18.6 Å². The number of aromatic nitrogens is 2. The summed E-state index contributed by atoms with van der Waals surface area (Å²) >= 11 is 7.85. The predicted octanol–water partition coefficient (Wildman–Crippen LogP) is 6.05. The largest absolute Gasteiger partial charge is 0.497 e. The van der Waals surface area contributed by atoms with Crippen molar-refractivity contribution in [3.05, 3.63) is 70.8 Å². The molecule has 0 radical (unpaired) electrons. The predicted molar refractivity (Wildman–Crippen MR) is 118 cm³/mol. The number of methoxy groups -OCH3 is 1. The van der Waals surface area contributed by atoms with Gasteiger partial charge >= 0.3 is 0 Å². The molecule has 0 saturated carbocycles. The number of ether oxygens (including phenoxy) is 1. The molecule has 0 atom stereocenters. The van der Waals surface area contributed by atoms with E-state index in [-0.39, 0.29) is 5.28 Å². The van der Waals surface area contributed by atoms with Crippen LogP contribution >= 0.6 is 22.9 Å². The first-order valence-corrected chi connectivity index (χ1v) is 10.3. The van der Waals surface area contributed by atoms with Crippen LogP contribution in [0.25, 0.3) is 21.3 Å². The van der Waals surface area contributed by atoms with Gasteiger partial charge in [-0.1, -0.05) is 42.5 Å². The molecule has 0 unspecified atom stereocenters. The number of anilines is 1. The van der Waals surface area contributed by atoms with Gasteiger partial charge in [-0.25, -0.2) is 4.98 Å². The van der Waals surface area contributed by atoms with Gasteiger partial charge in [-0.15, -0.1) is 11.3 Å². The number of rotatable bonds is 6. The highest BCUT2D eigenvalue weighted by Crippen LogP contribution is 2.39. The topological polar surface area (TPSA) is 38.2 Å². The van der Waals surface area contributed by atoms with Crippen LogP contribution in [-0.2, 0) is 6.54 Å². The number of benzene rings is 2. The third kappa shape index (κ3) is 3.68. The summed E-state index contributed by atoms with van der Waals surface area (Å²) in [6.45, 7) is 3.71. The second-order valence-electron chi connectivity index (χ2n) is 6.37. The summed E-state index contributed by atoms with van der Waals surface area (Å²) in [6.07, 6.45) is 0. The number of nitrogens with zero attached hydrogens (tertiary/aromatic N) is 3. The Labute approximate surface area is 173 Å². The maximum absolute atomic E-state index is 6.26. The van der Waals surface area contributed by atoms with Crippen molar-refractivity contribution in [3.63, 3.8) is 0 Å². The Morgan fingerprint density at radius 3 is 2.46 bits per heavy atom.